The fourth-order valence-electron chi connectivity index (χ4n) is 4.32. The van der Waals surface area contributed by atoms with E-state index in [-0.39, 0.29) is 0 Å². The minimum atomic E-state index is 0.828. The predicted molar refractivity (Wildman–Crippen MR) is 123 cm³/mol. The average molecular weight is 415 g/mol. The molecule has 7 heteroatoms. The summed E-state index contributed by atoms with van der Waals surface area (Å²) in [5.41, 5.74) is 4.82. The molecule has 0 radical (unpaired) electrons. The number of piperazine rings is 1. The Balaban J connectivity index is 1.52. The molecule has 1 aliphatic rings. The molecule has 1 fully saturated rings. The number of fused-ring (bicyclic) bond motifs is 1. The molecular weight excluding hydrogens is 388 g/mol. The number of ether oxygens (including phenoxy) is 1. The first-order valence-corrected chi connectivity index (χ1v) is 10.6. The maximum atomic E-state index is 5.62. The molecule has 4 heterocycles. The second kappa shape index (κ2) is 7.91. The van der Waals surface area contributed by atoms with Crippen LogP contribution >= 0.6 is 0 Å². The number of para-hydroxylation sites is 1. The van der Waals surface area contributed by atoms with Crippen LogP contribution in [-0.4, -0.2) is 52.9 Å². The van der Waals surface area contributed by atoms with Crippen molar-refractivity contribution in [2.75, 3.05) is 43.1 Å². The molecule has 158 valence electrons. The number of nitrogens with zero attached hydrogens (tertiary/aromatic N) is 6. The Hall–Kier alpha value is -3.61. The zero-order valence-corrected chi connectivity index (χ0v) is 18.1. The first kappa shape index (κ1) is 19.4. The number of anilines is 2. The van der Waals surface area contributed by atoms with Crippen molar-refractivity contribution in [3.63, 3.8) is 0 Å². The van der Waals surface area contributed by atoms with E-state index < -0.39 is 0 Å². The fraction of sp³-hybridized carbons (Fsp3) is 0.292. The van der Waals surface area contributed by atoms with Crippen molar-refractivity contribution in [2.45, 2.75) is 13.8 Å². The van der Waals surface area contributed by atoms with E-state index in [1.54, 1.807) is 7.11 Å². The van der Waals surface area contributed by atoms with Crippen molar-refractivity contribution in [1.82, 2.24) is 19.6 Å². The molecule has 31 heavy (non-hydrogen) atoms. The molecule has 1 aromatic carbocycles. The van der Waals surface area contributed by atoms with Gasteiger partial charge < -0.3 is 14.5 Å². The van der Waals surface area contributed by atoms with Crippen LogP contribution in [0, 0.1) is 13.8 Å². The summed E-state index contributed by atoms with van der Waals surface area (Å²) >= 11 is 0. The third kappa shape index (κ3) is 3.46. The molecule has 4 aromatic rings. The number of hydrogen-bond donors (Lipinski definition) is 0. The van der Waals surface area contributed by atoms with Crippen LogP contribution < -0.4 is 14.5 Å². The molecule has 0 amide bonds. The molecule has 0 bridgehead atoms. The molecule has 0 aliphatic carbocycles. The van der Waals surface area contributed by atoms with Gasteiger partial charge in [0.2, 0.25) is 0 Å². The maximum absolute atomic E-state index is 5.62. The highest BCUT2D eigenvalue weighted by atomic mass is 16.5. The highest BCUT2D eigenvalue weighted by molar-refractivity contribution is 5.84. The largest absolute Gasteiger partial charge is 0.496 e. The van der Waals surface area contributed by atoms with Gasteiger partial charge in [0.05, 0.1) is 18.4 Å². The topological polar surface area (TPSA) is 58.8 Å². The van der Waals surface area contributed by atoms with Crippen molar-refractivity contribution in [2.24, 2.45) is 0 Å². The van der Waals surface area contributed by atoms with Gasteiger partial charge in [-0.15, -0.1) is 0 Å². The Morgan fingerprint density at radius 2 is 1.65 bits per heavy atom. The second-order valence-corrected chi connectivity index (χ2v) is 7.81. The molecule has 0 saturated carbocycles. The van der Waals surface area contributed by atoms with Crippen molar-refractivity contribution < 1.29 is 4.74 Å². The summed E-state index contributed by atoms with van der Waals surface area (Å²) in [5, 5.41) is 4.89. The summed E-state index contributed by atoms with van der Waals surface area (Å²) in [6.07, 6.45) is 1.85. The van der Waals surface area contributed by atoms with Gasteiger partial charge in [0, 0.05) is 49.7 Å². The lowest BCUT2D eigenvalue weighted by molar-refractivity contribution is 0.416. The van der Waals surface area contributed by atoms with Gasteiger partial charge >= 0.3 is 0 Å². The van der Waals surface area contributed by atoms with Gasteiger partial charge in [-0.3, -0.25) is 0 Å². The predicted octanol–water partition coefficient (Wildman–Crippen LogP) is 3.74. The number of benzene rings is 1. The monoisotopic (exact) mass is 414 g/mol. The number of pyridine rings is 1. The Morgan fingerprint density at radius 3 is 2.39 bits per heavy atom. The molecular formula is C24H26N6O. The average Bonchev–Trinajstić information content (AvgIpc) is 3.14. The lowest BCUT2D eigenvalue weighted by Crippen LogP contribution is -2.47. The smallest absolute Gasteiger partial charge is 0.165 e. The van der Waals surface area contributed by atoms with Crippen LogP contribution in [0.1, 0.15) is 11.4 Å². The van der Waals surface area contributed by atoms with Gasteiger partial charge in [-0.25, -0.2) is 9.97 Å². The lowest BCUT2D eigenvalue weighted by atomic mass is 10.1. The van der Waals surface area contributed by atoms with Crippen LogP contribution in [0.2, 0.25) is 0 Å². The Bertz CT molecular complexity index is 1210. The van der Waals surface area contributed by atoms with Crippen LogP contribution in [-0.2, 0) is 0 Å². The van der Waals surface area contributed by atoms with Crippen LogP contribution in [0.5, 0.6) is 5.75 Å². The fourth-order valence-corrected chi connectivity index (χ4v) is 4.32. The van der Waals surface area contributed by atoms with E-state index >= 15 is 0 Å². The third-order valence-corrected chi connectivity index (χ3v) is 5.83. The van der Waals surface area contributed by atoms with E-state index in [2.05, 4.69) is 33.0 Å². The van der Waals surface area contributed by atoms with Gasteiger partial charge in [-0.2, -0.15) is 9.61 Å². The van der Waals surface area contributed by atoms with Crippen molar-refractivity contribution >= 4 is 17.3 Å². The van der Waals surface area contributed by atoms with Gasteiger partial charge in [-0.05, 0) is 32.0 Å². The maximum Gasteiger partial charge on any atom is 0.165 e. The Kier molecular flexibility index (Phi) is 4.94. The molecule has 0 unspecified atom stereocenters. The quantitative estimate of drug-likeness (QED) is 0.507. The third-order valence-electron chi connectivity index (χ3n) is 5.83. The number of methoxy groups -OCH3 is 1. The van der Waals surface area contributed by atoms with Crippen LogP contribution in [0.15, 0.2) is 54.7 Å². The molecule has 0 N–H and O–H groups in total. The number of hydrogen-bond acceptors (Lipinski definition) is 6. The first-order valence-electron chi connectivity index (χ1n) is 10.6. The summed E-state index contributed by atoms with van der Waals surface area (Å²) in [7, 11) is 1.70. The Morgan fingerprint density at radius 1 is 0.903 bits per heavy atom. The Labute approximate surface area is 181 Å². The standard InChI is InChI=1S/C24H26N6O/c1-17-16-22(29-14-12-28(13-15-29)21-10-6-7-11-25-21)30-24(26-17)23(18(2)27-30)19-8-4-5-9-20(19)31-3/h4-11,16H,12-15H2,1-3H3. The van der Waals surface area contributed by atoms with Gasteiger partial charge in [-0.1, -0.05) is 24.3 Å². The molecule has 7 nitrogen and oxygen atoms in total. The van der Waals surface area contributed by atoms with Crippen molar-refractivity contribution in [3.8, 4) is 16.9 Å². The minimum absolute atomic E-state index is 0.828. The normalized spacial score (nSPS) is 14.3. The number of aromatic nitrogens is 4. The molecule has 1 aliphatic heterocycles. The van der Waals surface area contributed by atoms with Crippen molar-refractivity contribution in [3.05, 3.63) is 66.1 Å². The molecule has 3 aromatic heterocycles. The number of aryl methyl sites for hydroxylation is 2. The summed E-state index contributed by atoms with van der Waals surface area (Å²) < 4.78 is 7.60. The summed E-state index contributed by atoms with van der Waals surface area (Å²) in [5.74, 6) is 2.94. The number of rotatable bonds is 4. The van der Waals surface area contributed by atoms with E-state index in [4.69, 9.17) is 14.8 Å². The van der Waals surface area contributed by atoms with Crippen LogP contribution in [0.3, 0.4) is 0 Å². The van der Waals surface area contributed by atoms with Crippen LogP contribution in [0.4, 0.5) is 11.6 Å². The van der Waals surface area contributed by atoms with E-state index in [0.29, 0.717) is 0 Å². The van der Waals surface area contributed by atoms with E-state index in [1.165, 1.54) is 0 Å². The summed E-state index contributed by atoms with van der Waals surface area (Å²) in [4.78, 5) is 14.1. The van der Waals surface area contributed by atoms with E-state index in [9.17, 15) is 0 Å². The van der Waals surface area contributed by atoms with E-state index in [1.807, 2.05) is 54.9 Å². The highest BCUT2D eigenvalue weighted by Gasteiger charge is 2.24. The minimum Gasteiger partial charge on any atom is -0.496 e. The molecule has 1 saturated heterocycles. The first-order chi connectivity index (χ1) is 15.2. The highest BCUT2D eigenvalue weighted by Crippen LogP contribution is 2.36. The molecule has 0 spiro atoms. The molecule has 5 rings (SSSR count). The summed E-state index contributed by atoms with van der Waals surface area (Å²) in [6.45, 7) is 7.71. The van der Waals surface area contributed by atoms with Crippen molar-refractivity contribution in [1.29, 1.82) is 0 Å². The summed E-state index contributed by atoms with van der Waals surface area (Å²) in [6, 6.07) is 16.2. The molecule has 0 atom stereocenters. The lowest BCUT2D eigenvalue weighted by Gasteiger charge is -2.36. The van der Waals surface area contributed by atoms with Crippen LogP contribution in [0.25, 0.3) is 16.8 Å². The van der Waals surface area contributed by atoms with E-state index in [0.717, 1.165) is 71.7 Å². The zero-order valence-electron chi connectivity index (χ0n) is 18.1. The SMILES string of the molecule is COc1ccccc1-c1c(C)nn2c(N3CCN(c4ccccn4)CC3)cc(C)nc12. The van der Waals surface area contributed by atoms with Gasteiger partial charge in [0.25, 0.3) is 0 Å². The van der Waals surface area contributed by atoms with Gasteiger partial charge in [0.15, 0.2) is 5.65 Å². The second-order valence-electron chi connectivity index (χ2n) is 7.81. The zero-order chi connectivity index (χ0) is 21.4. The van der Waals surface area contributed by atoms with Gasteiger partial charge in [0.1, 0.15) is 17.4 Å².